The van der Waals surface area contributed by atoms with Crippen molar-refractivity contribution in [1.29, 1.82) is 0 Å². The van der Waals surface area contributed by atoms with Crippen LogP contribution in [0.4, 0.5) is 0 Å². The van der Waals surface area contributed by atoms with Crippen molar-refractivity contribution in [3.63, 3.8) is 0 Å². The summed E-state index contributed by atoms with van der Waals surface area (Å²) >= 11 is 1.87. The van der Waals surface area contributed by atoms with Gasteiger partial charge in [-0.2, -0.15) is 0 Å². The second-order valence-electron chi connectivity index (χ2n) is 5.44. The molecule has 0 amide bonds. The van der Waals surface area contributed by atoms with E-state index in [0.29, 0.717) is 6.10 Å². The Bertz CT molecular complexity index is 342. The molecule has 0 aromatic carbocycles. The van der Waals surface area contributed by atoms with Gasteiger partial charge in [-0.25, -0.2) is 0 Å². The highest BCUT2D eigenvalue weighted by atomic mass is 32.1. The maximum Gasteiger partial charge on any atom is 0.0594 e. The SMILES string of the molecule is Cc1ccc(CNCCOC2CCC(C)CC2)s1. The Kier molecular flexibility index (Phi) is 5.67. The van der Waals surface area contributed by atoms with Gasteiger partial charge in [-0.15, -0.1) is 11.3 Å². The number of aryl methyl sites for hydroxylation is 1. The van der Waals surface area contributed by atoms with E-state index in [1.807, 2.05) is 11.3 Å². The first-order valence-corrected chi connectivity index (χ1v) is 7.93. The molecular weight excluding hydrogens is 242 g/mol. The largest absolute Gasteiger partial charge is 0.377 e. The topological polar surface area (TPSA) is 21.3 Å². The molecule has 2 rings (SSSR count). The van der Waals surface area contributed by atoms with Gasteiger partial charge in [0.2, 0.25) is 0 Å². The van der Waals surface area contributed by atoms with Crippen molar-refractivity contribution in [3.8, 4) is 0 Å². The molecule has 1 aromatic heterocycles. The Morgan fingerprint density at radius 1 is 1.28 bits per heavy atom. The molecule has 0 saturated heterocycles. The van der Waals surface area contributed by atoms with Gasteiger partial charge in [-0.3, -0.25) is 0 Å². The van der Waals surface area contributed by atoms with E-state index in [-0.39, 0.29) is 0 Å². The van der Waals surface area contributed by atoms with E-state index < -0.39 is 0 Å². The lowest BCUT2D eigenvalue weighted by molar-refractivity contribution is 0.0216. The van der Waals surface area contributed by atoms with Crippen molar-refractivity contribution in [2.24, 2.45) is 5.92 Å². The summed E-state index contributed by atoms with van der Waals surface area (Å²) in [7, 11) is 0. The third-order valence-corrected chi connectivity index (χ3v) is 4.69. The van der Waals surface area contributed by atoms with Gasteiger partial charge in [0.1, 0.15) is 0 Å². The Hall–Kier alpha value is -0.380. The molecule has 18 heavy (non-hydrogen) atoms. The Morgan fingerprint density at radius 3 is 2.72 bits per heavy atom. The van der Waals surface area contributed by atoms with E-state index >= 15 is 0 Å². The van der Waals surface area contributed by atoms with Crippen LogP contribution in [0.5, 0.6) is 0 Å². The fourth-order valence-corrected chi connectivity index (χ4v) is 3.35. The number of ether oxygens (including phenoxy) is 1. The lowest BCUT2D eigenvalue weighted by atomic mass is 9.89. The fraction of sp³-hybridized carbons (Fsp3) is 0.733. The van der Waals surface area contributed by atoms with Crippen LogP contribution in [-0.4, -0.2) is 19.3 Å². The van der Waals surface area contributed by atoms with E-state index in [1.54, 1.807) is 0 Å². The van der Waals surface area contributed by atoms with Crippen LogP contribution in [0.1, 0.15) is 42.4 Å². The summed E-state index contributed by atoms with van der Waals surface area (Å²) in [5.74, 6) is 0.907. The molecule has 2 nitrogen and oxygen atoms in total. The normalized spacial score (nSPS) is 24.3. The van der Waals surface area contributed by atoms with Crippen molar-refractivity contribution in [2.45, 2.75) is 52.2 Å². The van der Waals surface area contributed by atoms with E-state index in [4.69, 9.17) is 4.74 Å². The molecule has 0 unspecified atom stereocenters. The molecule has 0 atom stereocenters. The van der Waals surface area contributed by atoms with Gasteiger partial charge in [0.05, 0.1) is 12.7 Å². The van der Waals surface area contributed by atoms with Gasteiger partial charge in [0.25, 0.3) is 0 Å². The van der Waals surface area contributed by atoms with Crippen LogP contribution in [0.25, 0.3) is 0 Å². The highest BCUT2D eigenvalue weighted by molar-refractivity contribution is 7.11. The number of hydrogen-bond acceptors (Lipinski definition) is 3. The first-order chi connectivity index (χ1) is 8.74. The van der Waals surface area contributed by atoms with E-state index in [2.05, 4.69) is 31.3 Å². The van der Waals surface area contributed by atoms with Crippen molar-refractivity contribution < 1.29 is 4.74 Å². The lowest BCUT2D eigenvalue weighted by Crippen LogP contribution is -2.25. The van der Waals surface area contributed by atoms with Crippen LogP contribution in [0.15, 0.2) is 12.1 Å². The zero-order chi connectivity index (χ0) is 12.8. The van der Waals surface area contributed by atoms with E-state index in [0.717, 1.165) is 25.6 Å². The standard InChI is InChI=1S/C15H25NOS/c1-12-3-6-14(7-4-12)17-10-9-16-11-15-8-5-13(2)18-15/h5,8,12,14,16H,3-4,6-7,9-11H2,1-2H3. The predicted octanol–water partition coefficient (Wildman–Crippen LogP) is 3.74. The molecule has 0 radical (unpaired) electrons. The van der Waals surface area contributed by atoms with Crippen LogP contribution in [0, 0.1) is 12.8 Å². The number of rotatable bonds is 6. The van der Waals surface area contributed by atoms with Crippen molar-refractivity contribution >= 4 is 11.3 Å². The van der Waals surface area contributed by atoms with Gasteiger partial charge in [-0.1, -0.05) is 6.92 Å². The minimum atomic E-state index is 0.520. The van der Waals surface area contributed by atoms with E-state index in [1.165, 1.54) is 35.4 Å². The summed E-state index contributed by atoms with van der Waals surface area (Å²) in [6, 6.07) is 4.39. The molecule has 1 aliphatic rings. The second kappa shape index (κ2) is 7.27. The third-order valence-electron chi connectivity index (χ3n) is 3.69. The van der Waals surface area contributed by atoms with Crippen LogP contribution in [0.3, 0.4) is 0 Å². The third kappa shape index (κ3) is 4.71. The smallest absolute Gasteiger partial charge is 0.0594 e. The minimum absolute atomic E-state index is 0.520. The van der Waals surface area contributed by atoms with Gasteiger partial charge in [0.15, 0.2) is 0 Å². The molecule has 0 aliphatic heterocycles. The molecule has 1 heterocycles. The van der Waals surface area contributed by atoms with Crippen molar-refractivity contribution in [1.82, 2.24) is 5.32 Å². The second-order valence-corrected chi connectivity index (χ2v) is 6.81. The zero-order valence-corrected chi connectivity index (χ0v) is 12.4. The summed E-state index contributed by atoms with van der Waals surface area (Å²) in [6.45, 7) is 7.29. The first-order valence-electron chi connectivity index (χ1n) is 7.11. The van der Waals surface area contributed by atoms with Crippen molar-refractivity contribution in [2.75, 3.05) is 13.2 Å². The highest BCUT2D eigenvalue weighted by Crippen LogP contribution is 2.25. The minimum Gasteiger partial charge on any atom is -0.377 e. The number of hydrogen-bond donors (Lipinski definition) is 1. The molecule has 1 aromatic rings. The van der Waals surface area contributed by atoms with Gasteiger partial charge in [-0.05, 0) is 50.7 Å². The van der Waals surface area contributed by atoms with E-state index in [9.17, 15) is 0 Å². The van der Waals surface area contributed by atoms with Gasteiger partial charge < -0.3 is 10.1 Å². The number of thiophene rings is 1. The first kappa shape index (κ1) is 14.0. The molecule has 1 aliphatic carbocycles. The molecule has 0 spiro atoms. The zero-order valence-electron chi connectivity index (χ0n) is 11.6. The van der Waals surface area contributed by atoms with Crippen LogP contribution < -0.4 is 5.32 Å². The summed E-state index contributed by atoms with van der Waals surface area (Å²) in [5.41, 5.74) is 0. The molecule has 102 valence electrons. The van der Waals surface area contributed by atoms with Crippen LogP contribution >= 0.6 is 11.3 Å². The van der Waals surface area contributed by atoms with Gasteiger partial charge >= 0.3 is 0 Å². The van der Waals surface area contributed by atoms with Gasteiger partial charge in [0, 0.05) is 22.8 Å². The van der Waals surface area contributed by atoms with Crippen LogP contribution in [0.2, 0.25) is 0 Å². The highest BCUT2D eigenvalue weighted by Gasteiger charge is 2.17. The summed E-state index contributed by atoms with van der Waals surface area (Å²) in [5, 5.41) is 3.45. The van der Waals surface area contributed by atoms with Crippen LogP contribution in [-0.2, 0) is 11.3 Å². The Balaban J connectivity index is 1.51. The molecular formula is C15H25NOS. The summed E-state index contributed by atoms with van der Waals surface area (Å²) < 4.78 is 5.92. The summed E-state index contributed by atoms with van der Waals surface area (Å²) in [6.07, 6.45) is 5.71. The quantitative estimate of drug-likeness (QED) is 0.793. The molecule has 0 bridgehead atoms. The maximum atomic E-state index is 5.92. The average Bonchev–Trinajstić information content (AvgIpc) is 2.77. The Labute approximate surface area is 115 Å². The van der Waals surface area contributed by atoms with Crippen molar-refractivity contribution in [3.05, 3.63) is 21.9 Å². The summed E-state index contributed by atoms with van der Waals surface area (Å²) in [4.78, 5) is 2.80. The molecule has 1 saturated carbocycles. The number of nitrogens with one attached hydrogen (secondary N) is 1. The lowest BCUT2D eigenvalue weighted by Gasteiger charge is -2.26. The average molecular weight is 267 g/mol. The monoisotopic (exact) mass is 267 g/mol. The predicted molar refractivity (Wildman–Crippen MR) is 78.1 cm³/mol. The molecule has 3 heteroatoms. The molecule has 1 fully saturated rings. The Morgan fingerprint density at radius 2 is 2.06 bits per heavy atom. The maximum absolute atomic E-state index is 5.92. The fourth-order valence-electron chi connectivity index (χ4n) is 2.49. The molecule has 1 N–H and O–H groups in total.